The third-order valence-corrected chi connectivity index (χ3v) is 12.8. The summed E-state index contributed by atoms with van der Waals surface area (Å²) in [5, 5.41) is 1.47. The fourth-order valence-electron chi connectivity index (χ4n) is 8.75. The molecule has 7 aromatic rings. The molecule has 2 aliphatic rings. The molecule has 0 radical (unpaired) electrons. The molecule has 0 unspecified atom stereocenters. The summed E-state index contributed by atoms with van der Waals surface area (Å²) in [4.78, 5) is 2.37. The zero-order valence-corrected chi connectivity index (χ0v) is 31.0. The van der Waals surface area contributed by atoms with Gasteiger partial charge in [0.25, 0.3) is 6.71 Å². The molecular formula is C46H41BN2OSi. The largest absolute Gasteiger partial charge is 0.456 e. The van der Waals surface area contributed by atoms with E-state index in [1.807, 2.05) is 0 Å². The van der Waals surface area contributed by atoms with Crippen LogP contribution in [0.5, 0.6) is 11.5 Å². The van der Waals surface area contributed by atoms with Crippen molar-refractivity contribution >= 4 is 54.3 Å². The smallest absolute Gasteiger partial charge is 0.273 e. The summed E-state index contributed by atoms with van der Waals surface area (Å²) in [6.45, 7) is 11.9. The Balaban J connectivity index is 1.34. The number of ether oxygens (including phenoxy) is 1. The monoisotopic (exact) mass is 676 g/mol. The highest BCUT2D eigenvalue weighted by Gasteiger charge is 2.48. The summed E-state index contributed by atoms with van der Waals surface area (Å²) in [5.41, 5.74) is 14.5. The minimum Gasteiger partial charge on any atom is -0.456 e. The Kier molecular flexibility index (Phi) is 7.44. The van der Waals surface area contributed by atoms with E-state index >= 15 is 0 Å². The maximum Gasteiger partial charge on any atom is 0.273 e. The molecular weight excluding hydrogens is 635 g/mol. The van der Waals surface area contributed by atoms with Crippen molar-refractivity contribution in [3.63, 3.8) is 0 Å². The summed E-state index contributed by atoms with van der Waals surface area (Å²) in [6.07, 6.45) is 0. The van der Waals surface area contributed by atoms with Gasteiger partial charge >= 0.3 is 0 Å². The molecule has 9 rings (SSSR count). The van der Waals surface area contributed by atoms with E-state index in [-0.39, 0.29) is 12.1 Å². The number of aromatic nitrogens is 1. The van der Waals surface area contributed by atoms with Crippen LogP contribution in [0.2, 0.25) is 13.1 Å². The number of fused-ring (bicyclic) bond motifs is 4. The van der Waals surface area contributed by atoms with Crippen LogP contribution < -0.4 is 31.3 Å². The van der Waals surface area contributed by atoms with E-state index in [4.69, 9.17) is 4.74 Å². The standard InChI is InChI=1S/C46H41BN2OSi/c1-31-42(36-24-15-16-27-41(36)51(4)5)44-45(48(31)32-18-9-6-10-19-32)47-39-29-28-35(49(33-20-11-7-12-21-33)34-22-13-8-14-23-34)30-38(39)46(2,3)37-25-17-26-40(50-44)43(37)47/h6-30,51H,1-5H3. The van der Waals surface area contributed by atoms with Crippen molar-refractivity contribution in [2.45, 2.75) is 39.3 Å². The van der Waals surface area contributed by atoms with Gasteiger partial charge < -0.3 is 14.2 Å². The number of anilines is 3. The average Bonchev–Trinajstić information content (AvgIpc) is 3.45. The minimum absolute atomic E-state index is 0.00459. The highest BCUT2D eigenvalue weighted by Crippen LogP contribution is 2.45. The summed E-state index contributed by atoms with van der Waals surface area (Å²) < 4.78 is 9.69. The second kappa shape index (κ2) is 12.1. The van der Waals surface area contributed by atoms with Crippen LogP contribution in [0.15, 0.2) is 152 Å². The second-order valence-corrected chi connectivity index (χ2v) is 17.7. The third kappa shape index (κ3) is 4.86. The molecule has 3 heterocycles. The number of rotatable bonds is 6. The molecule has 1 aromatic heterocycles. The topological polar surface area (TPSA) is 17.4 Å². The Morgan fingerprint density at radius 3 is 1.94 bits per heavy atom. The molecule has 0 saturated heterocycles. The SMILES string of the molecule is Cc1c(-c2ccccc2[SiH](C)C)c2c(n1-c1ccccc1)B1c3ccc(N(c4ccccc4)c4ccccc4)cc3C(C)(C)c3cccc(c31)O2. The van der Waals surface area contributed by atoms with E-state index in [1.54, 1.807) is 0 Å². The number of para-hydroxylation sites is 3. The number of hydrogen-bond acceptors (Lipinski definition) is 2. The van der Waals surface area contributed by atoms with Crippen molar-refractivity contribution in [3.8, 4) is 28.3 Å². The Bertz CT molecular complexity index is 2380. The van der Waals surface area contributed by atoms with Crippen LogP contribution in [-0.2, 0) is 5.41 Å². The molecule has 0 amide bonds. The Morgan fingerprint density at radius 2 is 1.27 bits per heavy atom. The summed E-state index contributed by atoms with van der Waals surface area (Å²) in [5.74, 6) is 1.95. The van der Waals surface area contributed by atoms with Gasteiger partial charge in [-0.15, -0.1) is 0 Å². The van der Waals surface area contributed by atoms with Crippen LogP contribution in [0.3, 0.4) is 0 Å². The van der Waals surface area contributed by atoms with Crippen LogP contribution in [0.25, 0.3) is 16.8 Å². The lowest BCUT2D eigenvalue weighted by molar-refractivity contribution is 0.486. The highest BCUT2D eigenvalue weighted by atomic mass is 28.3. The quantitative estimate of drug-likeness (QED) is 0.164. The minimum atomic E-state index is -1.16. The lowest BCUT2D eigenvalue weighted by atomic mass is 9.32. The summed E-state index contributed by atoms with van der Waals surface area (Å²) in [6, 6.07) is 55.1. The maximum atomic E-state index is 7.20. The van der Waals surface area contributed by atoms with E-state index in [0.29, 0.717) is 0 Å². The molecule has 0 spiro atoms. The molecule has 0 aliphatic carbocycles. The third-order valence-electron chi connectivity index (χ3n) is 11.1. The summed E-state index contributed by atoms with van der Waals surface area (Å²) >= 11 is 0. The fourth-order valence-corrected chi connectivity index (χ4v) is 10.1. The predicted molar refractivity (Wildman–Crippen MR) is 219 cm³/mol. The van der Waals surface area contributed by atoms with Gasteiger partial charge in [-0.3, -0.25) is 0 Å². The predicted octanol–water partition coefficient (Wildman–Crippen LogP) is 8.88. The molecule has 248 valence electrons. The van der Waals surface area contributed by atoms with Gasteiger partial charge in [0.05, 0.1) is 8.80 Å². The number of benzene rings is 6. The first-order valence-electron chi connectivity index (χ1n) is 18.1. The zero-order valence-electron chi connectivity index (χ0n) is 29.9. The first kappa shape index (κ1) is 31.5. The molecule has 3 nitrogen and oxygen atoms in total. The van der Waals surface area contributed by atoms with Crippen molar-refractivity contribution in [2.24, 2.45) is 0 Å². The Hall–Kier alpha value is -5.52. The van der Waals surface area contributed by atoms with Gasteiger partial charge in [-0.2, -0.15) is 0 Å². The van der Waals surface area contributed by atoms with Gasteiger partial charge in [-0.05, 0) is 83.7 Å². The molecule has 2 aliphatic heterocycles. The Labute approximate surface area is 303 Å². The maximum absolute atomic E-state index is 7.20. The lowest BCUT2D eigenvalue weighted by Crippen LogP contribution is -2.63. The van der Waals surface area contributed by atoms with E-state index in [1.165, 1.54) is 49.7 Å². The van der Waals surface area contributed by atoms with Gasteiger partial charge in [0.2, 0.25) is 0 Å². The molecule has 0 bridgehead atoms. The second-order valence-electron chi connectivity index (χ2n) is 14.7. The van der Waals surface area contributed by atoms with Crippen molar-refractivity contribution in [1.29, 1.82) is 0 Å². The van der Waals surface area contributed by atoms with Gasteiger partial charge in [-0.25, -0.2) is 0 Å². The van der Waals surface area contributed by atoms with Crippen molar-refractivity contribution in [3.05, 3.63) is 168 Å². The van der Waals surface area contributed by atoms with E-state index in [0.717, 1.165) is 34.2 Å². The number of hydrogen-bond donors (Lipinski definition) is 0. The molecule has 0 N–H and O–H groups in total. The number of nitrogens with zero attached hydrogens (tertiary/aromatic N) is 2. The van der Waals surface area contributed by atoms with Crippen molar-refractivity contribution in [1.82, 2.24) is 4.57 Å². The van der Waals surface area contributed by atoms with Crippen molar-refractivity contribution < 1.29 is 4.74 Å². The molecule has 0 fully saturated rings. The van der Waals surface area contributed by atoms with Crippen LogP contribution in [0.4, 0.5) is 17.1 Å². The zero-order chi connectivity index (χ0) is 34.9. The first-order valence-corrected chi connectivity index (χ1v) is 21.0. The van der Waals surface area contributed by atoms with Crippen LogP contribution in [0, 0.1) is 6.92 Å². The molecule has 51 heavy (non-hydrogen) atoms. The fraction of sp³-hybridized carbons (Fsp3) is 0.130. The molecule has 0 saturated carbocycles. The van der Waals surface area contributed by atoms with Gasteiger partial charge in [-0.1, -0.05) is 135 Å². The van der Waals surface area contributed by atoms with E-state index in [9.17, 15) is 0 Å². The highest BCUT2D eigenvalue weighted by molar-refractivity contribution is 6.97. The summed E-state index contributed by atoms with van der Waals surface area (Å²) in [7, 11) is -1.16. The molecule has 0 atom stereocenters. The average molecular weight is 677 g/mol. The van der Waals surface area contributed by atoms with Crippen LogP contribution >= 0.6 is 0 Å². The van der Waals surface area contributed by atoms with E-state index < -0.39 is 8.80 Å². The van der Waals surface area contributed by atoms with Gasteiger partial charge in [0, 0.05) is 45.0 Å². The van der Waals surface area contributed by atoms with E-state index in [2.05, 4.69) is 195 Å². The van der Waals surface area contributed by atoms with Gasteiger partial charge in [0.1, 0.15) is 11.5 Å². The molecule has 5 heteroatoms. The molecule has 6 aromatic carbocycles. The van der Waals surface area contributed by atoms with Crippen LogP contribution in [-0.4, -0.2) is 20.1 Å². The normalized spacial score (nSPS) is 13.6. The lowest BCUT2D eigenvalue weighted by Gasteiger charge is -2.42. The Morgan fingerprint density at radius 1 is 0.647 bits per heavy atom. The van der Waals surface area contributed by atoms with Crippen molar-refractivity contribution in [2.75, 3.05) is 4.90 Å². The first-order chi connectivity index (χ1) is 24.8. The van der Waals surface area contributed by atoms with Gasteiger partial charge in [0.15, 0.2) is 0 Å². The van der Waals surface area contributed by atoms with Crippen LogP contribution in [0.1, 0.15) is 30.7 Å².